The molecule has 1 atom stereocenters. The fraction of sp³-hybridized carbons (Fsp3) is 0.375. The molecule has 1 aromatic heterocycles. The SMILES string of the molecule is Cc1ccccc1-c1nc(C(=O)O)c2n1CCC(C)C2. The van der Waals surface area contributed by atoms with Crippen molar-refractivity contribution >= 4 is 5.97 Å². The second kappa shape index (κ2) is 4.78. The number of aryl methyl sites for hydroxylation is 1. The van der Waals surface area contributed by atoms with Gasteiger partial charge >= 0.3 is 5.97 Å². The predicted molar refractivity (Wildman–Crippen MR) is 76.8 cm³/mol. The van der Waals surface area contributed by atoms with Crippen LogP contribution >= 0.6 is 0 Å². The van der Waals surface area contributed by atoms with Gasteiger partial charge < -0.3 is 9.67 Å². The number of benzene rings is 1. The van der Waals surface area contributed by atoms with Gasteiger partial charge in [0.15, 0.2) is 5.69 Å². The maximum Gasteiger partial charge on any atom is 0.356 e. The van der Waals surface area contributed by atoms with E-state index in [4.69, 9.17) is 0 Å². The summed E-state index contributed by atoms with van der Waals surface area (Å²) in [7, 11) is 0. The van der Waals surface area contributed by atoms with Gasteiger partial charge in [-0.25, -0.2) is 9.78 Å². The largest absolute Gasteiger partial charge is 0.476 e. The Hall–Kier alpha value is -2.10. The van der Waals surface area contributed by atoms with Crippen LogP contribution in [-0.4, -0.2) is 20.6 Å². The Morgan fingerprint density at radius 3 is 2.85 bits per heavy atom. The molecular weight excluding hydrogens is 252 g/mol. The number of nitrogens with zero attached hydrogens (tertiary/aromatic N) is 2. The monoisotopic (exact) mass is 270 g/mol. The lowest BCUT2D eigenvalue weighted by molar-refractivity contribution is 0.0689. The fourth-order valence-electron chi connectivity index (χ4n) is 2.92. The van der Waals surface area contributed by atoms with Crippen LogP contribution in [0.3, 0.4) is 0 Å². The molecule has 0 aliphatic carbocycles. The summed E-state index contributed by atoms with van der Waals surface area (Å²) >= 11 is 0. The molecule has 1 aromatic carbocycles. The normalized spacial score (nSPS) is 17.8. The van der Waals surface area contributed by atoms with E-state index in [1.165, 1.54) is 0 Å². The molecule has 0 saturated heterocycles. The maximum absolute atomic E-state index is 11.4. The maximum atomic E-state index is 11.4. The summed E-state index contributed by atoms with van der Waals surface area (Å²) in [5.41, 5.74) is 3.23. The van der Waals surface area contributed by atoms with Crippen molar-refractivity contribution in [2.24, 2.45) is 5.92 Å². The minimum Gasteiger partial charge on any atom is -0.476 e. The van der Waals surface area contributed by atoms with Gasteiger partial charge in [-0.05, 0) is 31.2 Å². The van der Waals surface area contributed by atoms with Gasteiger partial charge in [0.1, 0.15) is 5.82 Å². The molecule has 1 unspecified atom stereocenters. The van der Waals surface area contributed by atoms with Crippen LogP contribution in [0.2, 0.25) is 0 Å². The molecule has 4 heteroatoms. The van der Waals surface area contributed by atoms with Crippen LogP contribution in [0, 0.1) is 12.8 Å². The number of hydrogen-bond acceptors (Lipinski definition) is 2. The minimum absolute atomic E-state index is 0.217. The highest BCUT2D eigenvalue weighted by Crippen LogP contribution is 2.31. The van der Waals surface area contributed by atoms with Crippen LogP contribution in [0.25, 0.3) is 11.4 Å². The second-order valence-corrected chi connectivity index (χ2v) is 5.60. The molecule has 0 saturated carbocycles. The van der Waals surface area contributed by atoms with E-state index in [9.17, 15) is 9.90 Å². The number of aromatic carboxylic acids is 1. The van der Waals surface area contributed by atoms with Gasteiger partial charge in [-0.15, -0.1) is 0 Å². The van der Waals surface area contributed by atoms with E-state index >= 15 is 0 Å². The van der Waals surface area contributed by atoms with Crippen molar-refractivity contribution in [3.05, 3.63) is 41.2 Å². The molecule has 1 aliphatic heterocycles. The number of imidazole rings is 1. The van der Waals surface area contributed by atoms with Crippen molar-refractivity contribution < 1.29 is 9.90 Å². The Kier molecular flexibility index (Phi) is 3.08. The van der Waals surface area contributed by atoms with Crippen LogP contribution < -0.4 is 0 Å². The molecule has 104 valence electrons. The first-order chi connectivity index (χ1) is 9.58. The van der Waals surface area contributed by atoms with Crippen LogP contribution in [-0.2, 0) is 13.0 Å². The number of fused-ring (bicyclic) bond motifs is 1. The molecule has 2 aromatic rings. The number of carboxylic acid groups (broad SMARTS) is 1. The van der Waals surface area contributed by atoms with Gasteiger partial charge in [0, 0.05) is 12.1 Å². The molecule has 20 heavy (non-hydrogen) atoms. The highest BCUT2D eigenvalue weighted by atomic mass is 16.4. The Bertz CT molecular complexity index is 673. The summed E-state index contributed by atoms with van der Waals surface area (Å²) in [6, 6.07) is 7.99. The molecule has 0 bridgehead atoms. The molecule has 0 fully saturated rings. The molecule has 4 nitrogen and oxygen atoms in total. The summed E-state index contributed by atoms with van der Waals surface area (Å²) in [5.74, 6) is 0.382. The molecular formula is C16H18N2O2. The Morgan fingerprint density at radius 1 is 1.40 bits per heavy atom. The summed E-state index contributed by atoms with van der Waals surface area (Å²) in [6.45, 7) is 5.04. The number of hydrogen-bond donors (Lipinski definition) is 1. The summed E-state index contributed by atoms with van der Waals surface area (Å²) in [5, 5.41) is 9.38. The Labute approximate surface area is 118 Å². The lowest BCUT2D eigenvalue weighted by atomic mass is 9.97. The zero-order valence-corrected chi connectivity index (χ0v) is 11.8. The third-order valence-electron chi connectivity index (χ3n) is 4.05. The van der Waals surface area contributed by atoms with Gasteiger partial charge in [0.25, 0.3) is 0 Å². The van der Waals surface area contributed by atoms with Crippen molar-refractivity contribution in [2.45, 2.75) is 33.2 Å². The number of aromatic nitrogens is 2. The van der Waals surface area contributed by atoms with Gasteiger partial charge in [-0.1, -0.05) is 31.2 Å². The molecule has 1 N–H and O–H groups in total. The zero-order chi connectivity index (χ0) is 14.3. The number of rotatable bonds is 2. The Morgan fingerprint density at radius 2 is 2.15 bits per heavy atom. The van der Waals surface area contributed by atoms with E-state index in [0.29, 0.717) is 5.92 Å². The van der Waals surface area contributed by atoms with Gasteiger partial charge in [-0.2, -0.15) is 0 Å². The third-order valence-corrected chi connectivity index (χ3v) is 4.05. The van der Waals surface area contributed by atoms with Crippen molar-refractivity contribution in [1.29, 1.82) is 0 Å². The molecule has 2 heterocycles. The topological polar surface area (TPSA) is 55.1 Å². The van der Waals surface area contributed by atoms with Gasteiger partial charge in [0.05, 0.1) is 5.69 Å². The smallest absolute Gasteiger partial charge is 0.356 e. The highest BCUT2D eigenvalue weighted by Gasteiger charge is 2.27. The lowest BCUT2D eigenvalue weighted by Gasteiger charge is -2.22. The lowest BCUT2D eigenvalue weighted by Crippen LogP contribution is -2.19. The molecule has 0 spiro atoms. The second-order valence-electron chi connectivity index (χ2n) is 5.60. The van der Waals surface area contributed by atoms with Crippen molar-refractivity contribution in [2.75, 3.05) is 0 Å². The minimum atomic E-state index is -0.928. The van der Waals surface area contributed by atoms with E-state index in [-0.39, 0.29) is 5.69 Å². The van der Waals surface area contributed by atoms with Crippen LogP contribution in [0.4, 0.5) is 0 Å². The summed E-state index contributed by atoms with van der Waals surface area (Å²) in [4.78, 5) is 15.9. The number of carbonyl (C=O) groups is 1. The average molecular weight is 270 g/mol. The zero-order valence-electron chi connectivity index (χ0n) is 11.8. The van der Waals surface area contributed by atoms with Crippen LogP contribution in [0.1, 0.15) is 35.1 Å². The quantitative estimate of drug-likeness (QED) is 0.912. The van der Waals surface area contributed by atoms with Gasteiger partial charge in [0.2, 0.25) is 0 Å². The molecule has 0 amide bonds. The molecule has 3 rings (SSSR count). The first-order valence-electron chi connectivity index (χ1n) is 6.96. The number of carboxylic acids is 1. The highest BCUT2D eigenvalue weighted by molar-refractivity contribution is 5.88. The van der Waals surface area contributed by atoms with Crippen molar-refractivity contribution in [3.8, 4) is 11.4 Å². The van der Waals surface area contributed by atoms with Crippen molar-refractivity contribution in [1.82, 2.24) is 9.55 Å². The fourth-order valence-corrected chi connectivity index (χ4v) is 2.92. The van der Waals surface area contributed by atoms with E-state index < -0.39 is 5.97 Å². The van der Waals surface area contributed by atoms with E-state index in [1.54, 1.807) is 0 Å². The predicted octanol–water partition coefficient (Wildman–Crippen LogP) is 3.14. The average Bonchev–Trinajstić information content (AvgIpc) is 2.78. The first kappa shape index (κ1) is 12.9. The van der Waals surface area contributed by atoms with E-state index in [2.05, 4.69) is 16.5 Å². The summed E-state index contributed by atoms with van der Waals surface area (Å²) in [6.07, 6.45) is 1.86. The Balaban J connectivity index is 2.20. The van der Waals surface area contributed by atoms with Gasteiger partial charge in [-0.3, -0.25) is 0 Å². The van der Waals surface area contributed by atoms with Crippen molar-refractivity contribution in [3.63, 3.8) is 0 Å². The van der Waals surface area contributed by atoms with Crippen LogP contribution in [0.15, 0.2) is 24.3 Å². The van der Waals surface area contributed by atoms with Crippen LogP contribution in [0.5, 0.6) is 0 Å². The van der Waals surface area contributed by atoms with E-state index in [0.717, 1.165) is 42.0 Å². The molecule has 1 aliphatic rings. The molecule has 0 radical (unpaired) electrons. The van der Waals surface area contributed by atoms with E-state index in [1.807, 2.05) is 31.2 Å². The third kappa shape index (κ3) is 2.01. The first-order valence-corrected chi connectivity index (χ1v) is 6.96. The summed E-state index contributed by atoms with van der Waals surface area (Å²) < 4.78 is 2.09. The standard InChI is InChI=1S/C16H18N2O2/c1-10-7-8-18-13(9-10)14(16(19)20)17-15(18)12-6-4-3-5-11(12)2/h3-6,10H,7-9H2,1-2H3,(H,19,20).